The summed E-state index contributed by atoms with van der Waals surface area (Å²) in [5.74, 6) is 0. The summed E-state index contributed by atoms with van der Waals surface area (Å²) in [4.78, 5) is 0. The second-order valence-electron chi connectivity index (χ2n) is 14.0. The van der Waals surface area contributed by atoms with Crippen molar-refractivity contribution in [2.75, 3.05) is 0 Å². The highest BCUT2D eigenvalue weighted by Crippen LogP contribution is 2.53. The van der Waals surface area contributed by atoms with Crippen molar-refractivity contribution in [2.45, 2.75) is 156 Å². The first-order chi connectivity index (χ1) is 14.8. The van der Waals surface area contributed by atoms with Gasteiger partial charge >= 0.3 is 0 Å². The molecule has 4 nitrogen and oxygen atoms in total. The molecule has 0 aromatic rings. The molecule has 5 fully saturated rings. The summed E-state index contributed by atoms with van der Waals surface area (Å²) < 4.78 is 27.5. The Morgan fingerprint density at radius 3 is 0.562 bits per heavy atom. The van der Waals surface area contributed by atoms with E-state index in [0.717, 1.165) is 51.4 Å². The van der Waals surface area contributed by atoms with E-state index in [-0.39, 0.29) is 70.5 Å². The van der Waals surface area contributed by atoms with Crippen molar-refractivity contribution in [2.24, 2.45) is 21.7 Å². The van der Waals surface area contributed by atoms with Crippen LogP contribution in [-0.4, -0.2) is 48.8 Å². The molecule has 184 valence electrons. The summed E-state index contributed by atoms with van der Waals surface area (Å²) in [5, 5.41) is 0. The fourth-order valence-electron chi connectivity index (χ4n) is 7.76. The summed E-state index contributed by atoms with van der Waals surface area (Å²) in [5.41, 5.74) is 0.0828. The lowest BCUT2D eigenvalue weighted by molar-refractivity contribution is -0.183. The molecule has 8 atom stereocenters. The average Bonchev–Trinajstić information content (AvgIpc) is 3.53. The zero-order valence-corrected chi connectivity index (χ0v) is 21.9. The lowest BCUT2D eigenvalue weighted by atomic mass is 9.76. The minimum absolute atomic E-state index is 0.0207. The predicted octanol–water partition coefficient (Wildman–Crippen LogP) is 6.30. The number of hydrogen-bond donors (Lipinski definition) is 0. The van der Waals surface area contributed by atoms with Crippen LogP contribution in [0.1, 0.15) is 107 Å². The van der Waals surface area contributed by atoms with Crippen LogP contribution in [0.2, 0.25) is 0 Å². The molecule has 5 aliphatic heterocycles. The SMILES string of the molecule is CC1(C)[C@@H]2CC[C@@H](O2)C(C)(C)[C@@H]2CC[C@H](O2)C(C)(C)[C@H]2CC[C@H](O2)C(C)(C)[C@H]2CC[C@@H]1O2. The third kappa shape index (κ3) is 3.53. The Bertz CT molecular complexity index is 542. The first-order valence-electron chi connectivity index (χ1n) is 13.5. The van der Waals surface area contributed by atoms with Crippen molar-refractivity contribution < 1.29 is 18.9 Å². The van der Waals surface area contributed by atoms with E-state index in [1.54, 1.807) is 0 Å². The predicted molar refractivity (Wildman–Crippen MR) is 127 cm³/mol. The van der Waals surface area contributed by atoms with Crippen LogP contribution >= 0.6 is 0 Å². The molecule has 0 amide bonds. The molecule has 0 saturated carbocycles. The highest BCUT2D eigenvalue weighted by molar-refractivity contribution is 5.04. The molecule has 5 heterocycles. The van der Waals surface area contributed by atoms with Crippen LogP contribution in [0, 0.1) is 21.7 Å². The Hall–Kier alpha value is -0.160. The molecule has 0 spiro atoms. The second kappa shape index (κ2) is 7.67. The topological polar surface area (TPSA) is 36.9 Å². The van der Waals surface area contributed by atoms with Gasteiger partial charge in [0, 0.05) is 21.7 Å². The fourth-order valence-corrected chi connectivity index (χ4v) is 7.76. The normalized spacial score (nSPS) is 48.8. The van der Waals surface area contributed by atoms with Gasteiger partial charge < -0.3 is 18.9 Å². The molecule has 32 heavy (non-hydrogen) atoms. The number of hydrogen-bond acceptors (Lipinski definition) is 4. The largest absolute Gasteiger partial charge is 0.374 e. The van der Waals surface area contributed by atoms with Crippen molar-refractivity contribution in [1.82, 2.24) is 0 Å². The zero-order chi connectivity index (χ0) is 23.1. The van der Waals surface area contributed by atoms with Gasteiger partial charge in [-0.05, 0) is 51.4 Å². The van der Waals surface area contributed by atoms with Gasteiger partial charge in [-0.3, -0.25) is 0 Å². The second-order valence-corrected chi connectivity index (χ2v) is 14.0. The van der Waals surface area contributed by atoms with Crippen molar-refractivity contribution in [1.29, 1.82) is 0 Å². The molecule has 8 bridgehead atoms. The van der Waals surface area contributed by atoms with Crippen LogP contribution in [0.15, 0.2) is 0 Å². The first-order valence-corrected chi connectivity index (χ1v) is 13.5. The summed E-state index contributed by atoms with van der Waals surface area (Å²) in [7, 11) is 0. The van der Waals surface area contributed by atoms with Crippen molar-refractivity contribution in [3.05, 3.63) is 0 Å². The monoisotopic (exact) mass is 448 g/mol. The Morgan fingerprint density at radius 2 is 0.438 bits per heavy atom. The van der Waals surface area contributed by atoms with E-state index in [4.69, 9.17) is 18.9 Å². The number of rotatable bonds is 0. The maximum absolute atomic E-state index is 6.87. The van der Waals surface area contributed by atoms with E-state index in [9.17, 15) is 0 Å². The van der Waals surface area contributed by atoms with Crippen molar-refractivity contribution in [3.8, 4) is 0 Å². The minimum Gasteiger partial charge on any atom is -0.374 e. The third-order valence-electron chi connectivity index (χ3n) is 10.7. The Labute approximate surface area is 196 Å². The van der Waals surface area contributed by atoms with Crippen LogP contribution in [0.5, 0.6) is 0 Å². The Morgan fingerprint density at radius 1 is 0.312 bits per heavy atom. The molecular formula is C28H48O4. The molecule has 0 aromatic heterocycles. The molecular weight excluding hydrogens is 400 g/mol. The third-order valence-corrected chi connectivity index (χ3v) is 10.7. The summed E-state index contributed by atoms with van der Waals surface area (Å²) in [6, 6.07) is 0. The zero-order valence-electron chi connectivity index (χ0n) is 21.9. The lowest BCUT2D eigenvalue weighted by Gasteiger charge is -2.43. The van der Waals surface area contributed by atoms with Gasteiger partial charge in [-0.25, -0.2) is 0 Å². The fraction of sp³-hybridized carbons (Fsp3) is 1.00. The number of ether oxygens (including phenoxy) is 4. The van der Waals surface area contributed by atoms with Gasteiger partial charge in [0.05, 0.1) is 48.8 Å². The standard InChI is InChI=1S/C28H48O4/c1-25(2)17-9-11-19(29-17)26(3,4)21-13-15-23(31-21)28(7,8)24-16-14-22(32-24)27(5,6)20-12-10-18(25)30-20/h17-24H,9-16H2,1-8H3/t17-,18-,19+,20+,21-,22-,23-,24+/m0/s1. The molecule has 0 radical (unpaired) electrons. The van der Waals surface area contributed by atoms with Crippen molar-refractivity contribution in [3.63, 3.8) is 0 Å². The quantitative estimate of drug-likeness (QED) is 0.436. The van der Waals surface area contributed by atoms with Gasteiger partial charge in [-0.2, -0.15) is 0 Å². The lowest BCUT2D eigenvalue weighted by Crippen LogP contribution is -2.48. The molecule has 0 unspecified atom stereocenters. The Balaban J connectivity index is 1.48. The van der Waals surface area contributed by atoms with Gasteiger partial charge in [0.15, 0.2) is 0 Å². The van der Waals surface area contributed by atoms with Crippen LogP contribution < -0.4 is 0 Å². The van der Waals surface area contributed by atoms with Crippen LogP contribution in [0.3, 0.4) is 0 Å². The maximum atomic E-state index is 6.87. The molecule has 0 aliphatic carbocycles. The molecule has 4 heteroatoms. The van der Waals surface area contributed by atoms with Gasteiger partial charge in [-0.15, -0.1) is 0 Å². The molecule has 5 aliphatic rings. The average molecular weight is 449 g/mol. The van der Waals surface area contributed by atoms with Gasteiger partial charge in [-0.1, -0.05) is 55.4 Å². The van der Waals surface area contributed by atoms with Crippen LogP contribution in [0.4, 0.5) is 0 Å². The molecule has 5 rings (SSSR count). The number of fused-ring (bicyclic) bond motifs is 8. The smallest absolute Gasteiger partial charge is 0.0655 e. The van der Waals surface area contributed by atoms with Crippen molar-refractivity contribution >= 4 is 0 Å². The Kier molecular flexibility index (Phi) is 5.65. The summed E-state index contributed by atoms with van der Waals surface area (Å²) in [6.45, 7) is 19.0. The maximum Gasteiger partial charge on any atom is 0.0655 e. The summed E-state index contributed by atoms with van der Waals surface area (Å²) in [6.07, 6.45) is 11.1. The highest BCUT2D eigenvalue weighted by Gasteiger charge is 2.56. The summed E-state index contributed by atoms with van der Waals surface area (Å²) >= 11 is 0. The van der Waals surface area contributed by atoms with E-state index in [2.05, 4.69) is 55.4 Å². The van der Waals surface area contributed by atoms with Crippen LogP contribution in [0.25, 0.3) is 0 Å². The van der Waals surface area contributed by atoms with E-state index in [0.29, 0.717) is 0 Å². The minimum atomic E-state index is 0.0207. The van der Waals surface area contributed by atoms with E-state index >= 15 is 0 Å². The van der Waals surface area contributed by atoms with E-state index < -0.39 is 0 Å². The molecule has 5 saturated heterocycles. The first kappa shape index (κ1) is 23.6. The van der Waals surface area contributed by atoms with Gasteiger partial charge in [0.1, 0.15) is 0 Å². The van der Waals surface area contributed by atoms with E-state index in [1.807, 2.05) is 0 Å². The highest BCUT2D eigenvalue weighted by atomic mass is 16.5. The van der Waals surface area contributed by atoms with E-state index in [1.165, 1.54) is 0 Å². The molecule has 0 N–H and O–H groups in total. The van der Waals surface area contributed by atoms with Gasteiger partial charge in [0.25, 0.3) is 0 Å². The van der Waals surface area contributed by atoms with Crippen LogP contribution in [-0.2, 0) is 18.9 Å². The molecule has 0 aromatic carbocycles. The van der Waals surface area contributed by atoms with Gasteiger partial charge in [0.2, 0.25) is 0 Å².